The Bertz CT molecular complexity index is 298. The topological polar surface area (TPSA) is 35.2 Å². The lowest BCUT2D eigenvalue weighted by molar-refractivity contribution is 0.177. The van der Waals surface area contributed by atoms with Crippen LogP contribution in [0.5, 0.6) is 5.75 Å². The molecule has 1 aromatic rings. The first-order chi connectivity index (χ1) is 6.31. The third kappa shape index (κ3) is 1.54. The second kappa shape index (κ2) is 3.38. The smallest absolute Gasteiger partial charge is 0.123 e. The Hall–Kier alpha value is -1.02. The first-order valence-electron chi connectivity index (χ1n) is 4.77. The zero-order chi connectivity index (χ0) is 9.26. The van der Waals surface area contributed by atoms with E-state index in [0.717, 1.165) is 12.2 Å². The molecule has 0 aromatic heterocycles. The van der Waals surface area contributed by atoms with Gasteiger partial charge in [0.2, 0.25) is 0 Å². The highest BCUT2D eigenvalue weighted by atomic mass is 16.5. The molecule has 2 rings (SSSR count). The number of hydrogen-bond acceptors (Lipinski definition) is 2. The maximum absolute atomic E-state index is 5.72. The van der Waals surface area contributed by atoms with Crippen molar-refractivity contribution in [3.63, 3.8) is 0 Å². The van der Waals surface area contributed by atoms with Crippen molar-refractivity contribution in [2.75, 3.05) is 6.54 Å². The van der Waals surface area contributed by atoms with Crippen LogP contribution in [0.4, 0.5) is 0 Å². The molecule has 0 aliphatic carbocycles. The van der Waals surface area contributed by atoms with Gasteiger partial charge in [-0.3, -0.25) is 0 Å². The summed E-state index contributed by atoms with van der Waals surface area (Å²) in [7, 11) is 0. The highest BCUT2D eigenvalue weighted by Crippen LogP contribution is 2.34. The van der Waals surface area contributed by atoms with E-state index in [1.165, 1.54) is 5.56 Å². The molecule has 2 unspecified atom stereocenters. The van der Waals surface area contributed by atoms with Crippen molar-refractivity contribution in [2.24, 2.45) is 5.73 Å². The lowest BCUT2D eigenvalue weighted by Gasteiger charge is -2.29. The van der Waals surface area contributed by atoms with Crippen LogP contribution in [0.3, 0.4) is 0 Å². The summed E-state index contributed by atoms with van der Waals surface area (Å²) in [4.78, 5) is 0. The number of ether oxygens (including phenoxy) is 1. The number of hydrogen-bond donors (Lipinski definition) is 1. The third-order valence-electron chi connectivity index (χ3n) is 2.59. The summed E-state index contributed by atoms with van der Waals surface area (Å²) in [5.74, 6) is 1.48. The fraction of sp³-hybridized carbons (Fsp3) is 0.455. The molecule has 0 saturated heterocycles. The first-order valence-corrected chi connectivity index (χ1v) is 4.77. The van der Waals surface area contributed by atoms with Crippen LogP contribution >= 0.6 is 0 Å². The predicted molar refractivity (Wildman–Crippen MR) is 52.9 cm³/mol. The summed E-state index contributed by atoms with van der Waals surface area (Å²) in [6, 6.07) is 8.18. The molecule has 0 saturated carbocycles. The van der Waals surface area contributed by atoms with Crippen molar-refractivity contribution in [3.8, 4) is 5.75 Å². The van der Waals surface area contributed by atoms with Gasteiger partial charge in [-0.25, -0.2) is 0 Å². The molecule has 2 atom stereocenters. The molecule has 2 heteroatoms. The van der Waals surface area contributed by atoms with E-state index in [2.05, 4.69) is 13.0 Å². The minimum absolute atomic E-state index is 0.295. The highest BCUT2D eigenvalue weighted by molar-refractivity contribution is 5.38. The normalized spacial score (nSPS) is 26.3. The van der Waals surface area contributed by atoms with Gasteiger partial charge in [-0.1, -0.05) is 18.2 Å². The van der Waals surface area contributed by atoms with Crippen molar-refractivity contribution in [3.05, 3.63) is 29.8 Å². The molecule has 1 aliphatic rings. The van der Waals surface area contributed by atoms with Crippen molar-refractivity contribution in [1.82, 2.24) is 0 Å². The highest BCUT2D eigenvalue weighted by Gasteiger charge is 2.23. The van der Waals surface area contributed by atoms with E-state index in [1.807, 2.05) is 18.2 Å². The zero-order valence-electron chi connectivity index (χ0n) is 7.86. The second-order valence-corrected chi connectivity index (χ2v) is 3.63. The summed E-state index contributed by atoms with van der Waals surface area (Å²) in [5.41, 5.74) is 6.99. The Kier molecular flexibility index (Phi) is 2.23. The van der Waals surface area contributed by atoms with Gasteiger partial charge >= 0.3 is 0 Å². The van der Waals surface area contributed by atoms with Crippen LogP contribution in [0.1, 0.15) is 24.8 Å². The molecular weight excluding hydrogens is 162 g/mol. The first kappa shape index (κ1) is 8.57. The summed E-state index contributed by atoms with van der Waals surface area (Å²) in [6.07, 6.45) is 1.33. The Balaban J connectivity index is 2.37. The fourth-order valence-corrected chi connectivity index (χ4v) is 1.94. The Labute approximate surface area is 78.7 Å². The Morgan fingerprint density at radius 1 is 1.46 bits per heavy atom. The van der Waals surface area contributed by atoms with E-state index in [1.54, 1.807) is 0 Å². The Morgan fingerprint density at radius 3 is 3.00 bits per heavy atom. The molecule has 70 valence electrons. The number of rotatable bonds is 1. The van der Waals surface area contributed by atoms with Gasteiger partial charge in [0.05, 0.1) is 6.10 Å². The minimum atomic E-state index is 0.295. The van der Waals surface area contributed by atoms with Crippen molar-refractivity contribution < 1.29 is 4.74 Å². The van der Waals surface area contributed by atoms with E-state index in [0.29, 0.717) is 18.6 Å². The van der Waals surface area contributed by atoms with Gasteiger partial charge in [0.25, 0.3) is 0 Å². The van der Waals surface area contributed by atoms with Crippen molar-refractivity contribution in [1.29, 1.82) is 0 Å². The number of para-hydroxylation sites is 1. The van der Waals surface area contributed by atoms with Crippen LogP contribution in [-0.4, -0.2) is 12.6 Å². The van der Waals surface area contributed by atoms with Crippen LogP contribution in [0.25, 0.3) is 0 Å². The van der Waals surface area contributed by atoms with Gasteiger partial charge in [0.15, 0.2) is 0 Å². The van der Waals surface area contributed by atoms with Crippen LogP contribution in [0, 0.1) is 0 Å². The van der Waals surface area contributed by atoms with Crippen LogP contribution in [-0.2, 0) is 0 Å². The fourth-order valence-electron chi connectivity index (χ4n) is 1.94. The molecule has 13 heavy (non-hydrogen) atoms. The zero-order valence-corrected chi connectivity index (χ0v) is 7.86. The molecule has 2 N–H and O–H groups in total. The molecule has 0 bridgehead atoms. The standard InChI is InChI=1S/C11H15NO/c1-8-6-9(7-12)10-4-2-3-5-11(10)13-8/h2-5,8-9H,6-7,12H2,1H3. The van der Waals surface area contributed by atoms with E-state index in [4.69, 9.17) is 10.5 Å². The summed E-state index contributed by atoms with van der Waals surface area (Å²) in [6.45, 7) is 2.81. The van der Waals surface area contributed by atoms with Gasteiger partial charge in [-0.15, -0.1) is 0 Å². The van der Waals surface area contributed by atoms with Gasteiger partial charge in [0.1, 0.15) is 5.75 Å². The monoisotopic (exact) mass is 177 g/mol. The predicted octanol–water partition coefficient (Wildman–Crippen LogP) is 1.90. The maximum Gasteiger partial charge on any atom is 0.123 e. The maximum atomic E-state index is 5.72. The van der Waals surface area contributed by atoms with Crippen LogP contribution in [0.15, 0.2) is 24.3 Å². The summed E-state index contributed by atoms with van der Waals surface area (Å²) in [5, 5.41) is 0. The average Bonchev–Trinajstić information content (AvgIpc) is 2.16. The molecular formula is C11H15NO. The number of nitrogens with two attached hydrogens (primary N) is 1. The molecule has 1 aliphatic heterocycles. The van der Waals surface area contributed by atoms with Crippen LogP contribution in [0.2, 0.25) is 0 Å². The summed E-state index contributed by atoms with van der Waals surface area (Å²) < 4.78 is 5.71. The quantitative estimate of drug-likeness (QED) is 0.711. The Morgan fingerprint density at radius 2 is 2.23 bits per heavy atom. The lowest BCUT2D eigenvalue weighted by Crippen LogP contribution is -2.26. The molecule has 1 aromatic carbocycles. The molecule has 0 radical (unpaired) electrons. The van der Waals surface area contributed by atoms with Gasteiger partial charge < -0.3 is 10.5 Å². The van der Waals surface area contributed by atoms with Crippen molar-refractivity contribution >= 4 is 0 Å². The van der Waals surface area contributed by atoms with Gasteiger partial charge in [0, 0.05) is 5.92 Å². The van der Waals surface area contributed by atoms with Gasteiger partial charge in [-0.05, 0) is 31.5 Å². The molecule has 0 fully saturated rings. The molecule has 2 nitrogen and oxygen atoms in total. The molecule has 0 amide bonds. The molecule has 1 heterocycles. The average molecular weight is 177 g/mol. The third-order valence-corrected chi connectivity index (χ3v) is 2.59. The largest absolute Gasteiger partial charge is 0.490 e. The summed E-state index contributed by atoms with van der Waals surface area (Å²) >= 11 is 0. The van der Waals surface area contributed by atoms with Crippen molar-refractivity contribution in [2.45, 2.75) is 25.4 Å². The van der Waals surface area contributed by atoms with Crippen LogP contribution < -0.4 is 10.5 Å². The minimum Gasteiger partial charge on any atom is -0.490 e. The lowest BCUT2D eigenvalue weighted by atomic mass is 9.90. The SMILES string of the molecule is CC1CC(CN)c2ccccc2O1. The number of fused-ring (bicyclic) bond motifs is 1. The number of benzene rings is 1. The van der Waals surface area contributed by atoms with E-state index in [9.17, 15) is 0 Å². The second-order valence-electron chi connectivity index (χ2n) is 3.63. The van der Waals surface area contributed by atoms with E-state index >= 15 is 0 Å². The van der Waals surface area contributed by atoms with Gasteiger partial charge in [-0.2, -0.15) is 0 Å². The molecule has 0 spiro atoms. The van der Waals surface area contributed by atoms with E-state index in [-0.39, 0.29) is 0 Å². The van der Waals surface area contributed by atoms with E-state index < -0.39 is 0 Å².